The molecule has 2 aliphatic rings. The molecule has 24 heavy (non-hydrogen) atoms. The first-order chi connectivity index (χ1) is 10.9. The fourth-order valence-electron chi connectivity index (χ4n) is 2.43. The molecular formula is C14H20ClN3O5S. The molecule has 0 spiro atoms. The van der Waals surface area contributed by atoms with Crippen molar-refractivity contribution in [2.24, 2.45) is 11.7 Å². The molecule has 1 saturated carbocycles. The molecule has 1 fully saturated rings. The third-order valence-electron chi connectivity index (χ3n) is 3.92. The highest BCUT2D eigenvalue weighted by atomic mass is 35.5. The third kappa shape index (κ3) is 3.92. The van der Waals surface area contributed by atoms with Crippen molar-refractivity contribution in [3.63, 3.8) is 0 Å². The van der Waals surface area contributed by atoms with Crippen LogP contribution in [0.2, 0.25) is 0 Å². The average Bonchev–Trinajstić information content (AvgIpc) is 3.36. The number of nitrogens with two attached hydrogens (primary N) is 1. The molecule has 0 bridgehead atoms. The van der Waals surface area contributed by atoms with Crippen molar-refractivity contribution >= 4 is 34.0 Å². The van der Waals surface area contributed by atoms with Gasteiger partial charge in [-0.3, -0.25) is 4.79 Å². The lowest BCUT2D eigenvalue weighted by Gasteiger charge is -2.21. The maximum Gasteiger partial charge on any atom is 0.262 e. The number of nitrogens with one attached hydrogen (secondary N) is 2. The zero-order chi connectivity index (χ0) is 16.6. The second-order valence-electron chi connectivity index (χ2n) is 5.69. The van der Waals surface area contributed by atoms with Crippen molar-refractivity contribution in [1.82, 2.24) is 4.72 Å². The van der Waals surface area contributed by atoms with Gasteiger partial charge in [0.25, 0.3) is 5.91 Å². The predicted molar refractivity (Wildman–Crippen MR) is 90.3 cm³/mol. The number of halogens is 1. The molecule has 8 nitrogen and oxygen atoms in total. The van der Waals surface area contributed by atoms with Gasteiger partial charge in [0.05, 0.1) is 12.8 Å². The quantitative estimate of drug-likeness (QED) is 0.662. The molecule has 1 atom stereocenters. The van der Waals surface area contributed by atoms with E-state index in [1.165, 1.54) is 19.2 Å². The number of rotatable bonds is 6. The second kappa shape index (κ2) is 7.14. The first kappa shape index (κ1) is 18.8. The number of sulfonamides is 1. The Balaban J connectivity index is 0.00000208. The zero-order valence-electron chi connectivity index (χ0n) is 13.1. The number of hydrogen-bond donors (Lipinski definition) is 3. The molecule has 0 radical (unpaired) electrons. The SMILES string of the molecule is COc1cc2c(cc1S(=O)(=O)NCC(N)C1CC1)OCC(=O)N2.Cl. The Bertz CT molecular complexity index is 736. The van der Waals surface area contributed by atoms with Crippen LogP contribution in [0.15, 0.2) is 17.0 Å². The van der Waals surface area contributed by atoms with E-state index in [-0.39, 0.29) is 53.9 Å². The standard InChI is InChI=1S/C14H19N3O5S.ClH/c1-21-12-4-10-11(22-7-14(18)17-10)5-13(12)23(19,20)16-6-9(15)8-2-3-8;/h4-5,8-9,16H,2-3,6-7,15H2,1H3,(H,17,18);1H. The van der Waals surface area contributed by atoms with E-state index in [0.29, 0.717) is 11.6 Å². The molecule has 1 unspecified atom stereocenters. The summed E-state index contributed by atoms with van der Waals surface area (Å²) in [4.78, 5) is 11.3. The molecule has 4 N–H and O–H groups in total. The topological polar surface area (TPSA) is 120 Å². The van der Waals surface area contributed by atoms with E-state index >= 15 is 0 Å². The number of ether oxygens (including phenoxy) is 2. The van der Waals surface area contributed by atoms with Crippen LogP contribution in [0.5, 0.6) is 11.5 Å². The Morgan fingerprint density at radius 3 is 2.79 bits per heavy atom. The predicted octanol–water partition coefficient (Wildman–Crippen LogP) is 0.463. The maximum atomic E-state index is 12.5. The van der Waals surface area contributed by atoms with Crippen LogP contribution >= 0.6 is 12.4 Å². The molecular weight excluding hydrogens is 358 g/mol. The lowest BCUT2D eigenvalue weighted by Crippen LogP contribution is -2.38. The molecule has 1 aromatic carbocycles. The fraction of sp³-hybridized carbons (Fsp3) is 0.500. The van der Waals surface area contributed by atoms with Crippen molar-refractivity contribution in [2.45, 2.75) is 23.8 Å². The lowest BCUT2D eigenvalue weighted by molar-refractivity contribution is -0.118. The molecule has 1 heterocycles. The fourth-order valence-corrected chi connectivity index (χ4v) is 3.67. The summed E-state index contributed by atoms with van der Waals surface area (Å²) in [5, 5.41) is 2.61. The van der Waals surface area contributed by atoms with Gasteiger partial charge in [0.1, 0.15) is 16.4 Å². The van der Waals surface area contributed by atoms with Crippen LogP contribution < -0.4 is 25.2 Å². The molecule has 1 amide bonds. The summed E-state index contributed by atoms with van der Waals surface area (Å²) in [6.45, 7) is 0.0175. The van der Waals surface area contributed by atoms with Crippen LogP contribution in [-0.4, -0.2) is 40.6 Å². The smallest absolute Gasteiger partial charge is 0.262 e. The summed E-state index contributed by atoms with van der Waals surface area (Å²) in [7, 11) is -2.44. The van der Waals surface area contributed by atoms with Gasteiger partial charge in [-0.15, -0.1) is 12.4 Å². The highest BCUT2D eigenvalue weighted by Crippen LogP contribution is 2.37. The van der Waals surface area contributed by atoms with E-state index in [4.69, 9.17) is 15.2 Å². The summed E-state index contributed by atoms with van der Waals surface area (Å²) in [5.74, 6) is 0.504. The minimum atomic E-state index is -3.80. The van der Waals surface area contributed by atoms with Gasteiger partial charge < -0.3 is 20.5 Å². The third-order valence-corrected chi connectivity index (χ3v) is 5.37. The van der Waals surface area contributed by atoms with Gasteiger partial charge in [0.2, 0.25) is 10.0 Å². The van der Waals surface area contributed by atoms with Crippen molar-refractivity contribution < 1.29 is 22.7 Å². The molecule has 0 aromatic heterocycles. The van der Waals surface area contributed by atoms with Gasteiger partial charge in [0, 0.05) is 24.7 Å². The first-order valence-corrected chi connectivity index (χ1v) is 8.79. The maximum absolute atomic E-state index is 12.5. The number of methoxy groups -OCH3 is 1. The van der Waals surface area contributed by atoms with Crippen LogP contribution in [0.4, 0.5) is 5.69 Å². The van der Waals surface area contributed by atoms with E-state index in [0.717, 1.165) is 12.8 Å². The number of amides is 1. The van der Waals surface area contributed by atoms with Gasteiger partial charge in [-0.1, -0.05) is 0 Å². The van der Waals surface area contributed by atoms with E-state index in [9.17, 15) is 13.2 Å². The number of benzene rings is 1. The second-order valence-corrected chi connectivity index (χ2v) is 7.42. The lowest BCUT2D eigenvalue weighted by atomic mass is 10.2. The van der Waals surface area contributed by atoms with E-state index in [1.54, 1.807) is 0 Å². The Morgan fingerprint density at radius 2 is 2.17 bits per heavy atom. The molecule has 10 heteroatoms. The van der Waals surface area contributed by atoms with Gasteiger partial charge in [0.15, 0.2) is 6.61 Å². The minimum absolute atomic E-state index is 0. The number of anilines is 1. The Hall–Kier alpha value is -1.55. The number of fused-ring (bicyclic) bond motifs is 1. The summed E-state index contributed by atoms with van der Waals surface area (Å²) in [6, 6.07) is 2.59. The van der Waals surface area contributed by atoms with Gasteiger partial charge in [-0.2, -0.15) is 0 Å². The van der Waals surface area contributed by atoms with Crippen molar-refractivity contribution in [3.8, 4) is 11.5 Å². The average molecular weight is 378 g/mol. The van der Waals surface area contributed by atoms with E-state index in [1.807, 2.05) is 0 Å². The molecule has 1 aliphatic carbocycles. The summed E-state index contributed by atoms with van der Waals surface area (Å²) >= 11 is 0. The zero-order valence-corrected chi connectivity index (χ0v) is 14.7. The van der Waals surface area contributed by atoms with Crippen molar-refractivity contribution in [2.75, 3.05) is 25.6 Å². The molecule has 0 saturated heterocycles. The summed E-state index contributed by atoms with van der Waals surface area (Å²) in [6.07, 6.45) is 2.08. The molecule has 1 aromatic rings. The van der Waals surface area contributed by atoms with Gasteiger partial charge >= 0.3 is 0 Å². The highest BCUT2D eigenvalue weighted by Gasteiger charge is 2.31. The van der Waals surface area contributed by atoms with Crippen LogP contribution in [0, 0.1) is 5.92 Å². The van der Waals surface area contributed by atoms with Gasteiger partial charge in [-0.25, -0.2) is 13.1 Å². The first-order valence-electron chi connectivity index (χ1n) is 7.30. The number of carbonyl (C=O) groups excluding carboxylic acids is 1. The van der Waals surface area contributed by atoms with Crippen LogP contribution in [0.3, 0.4) is 0 Å². The Morgan fingerprint density at radius 1 is 1.46 bits per heavy atom. The Kier molecular flexibility index (Phi) is 5.59. The largest absolute Gasteiger partial charge is 0.495 e. The van der Waals surface area contributed by atoms with Crippen LogP contribution in [-0.2, 0) is 14.8 Å². The number of carbonyl (C=O) groups is 1. The number of hydrogen-bond acceptors (Lipinski definition) is 6. The van der Waals surface area contributed by atoms with E-state index in [2.05, 4.69) is 10.0 Å². The van der Waals surface area contributed by atoms with Crippen molar-refractivity contribution in [3.05, 3.63) is 12.1 Å². The van der Waals surface area contributed by atoms with E-state index < -0.39 is 10.0 Å². The molecule has 1 aliphatic heterocycles. The Labute approximate surface area is 146 Å². The minimum Gasteiger partial charge on any atom is -0.495 e. The summed E-state index contributed by atoms with van der Waals surface area (Å²) < 4.78 is 38.0. The van der Waals surface area contributed by atoms with Crippen LogP contribution in [0.1, 0.15) is 12.8 Å². The monoisotopic (exact) mass is 377 g/mol. The van der Waals surface area contributed by atoms with Gasteiger partial charge in [-0.05, 0) is 18.8 Å². The van der Waals surface area contributed by atoms with Crippen molar-refractivity contribution in [1.29, 1.82) is 0 Å². The summed E-state index contributed by atoms with van der Waals surface area (Å²) in [5.41, 5.74) is 6.31. The normalized spacial score (nSPS) is 17.8. The molecule has 134 valence electrons. The highest BCUT2D eigenvalue weighted by molar-refractivity contribution is 7.89. The molecule has 3 rings (SSSR count). The van der Waals surface area contributed by atoms with Crippen LogP contribution in [0.25, 0.3) is 0 Å².